The molecule has 0 saturated heterocycles. The molecule has 0 fully saturated rings. The quantitative estimate of drug-likeness (QED) is 0.712. The zero-order valence-corrected chi connectivity index (χ0v) is 7.04. The van der Waals surface area contributed by atoms with Gasteiger partial charge in [-0.2, -0.15) is 0 Å². The predicted octanol–water partition coefficient (Wildman–Crippen LogP) is 0.845. The van der Waals surface area contributed by atoms with E-state index in [9.17, 15) is 9.59 Å². The standard InChI is InChI=1S/C9H6N2O3/c12-4-6-7-2-1-3-8(9(13)14)11(7)5-10-6/h1-5H,(H,13,14). The van der Waals surface area contributed by atoms with Gasteiger partial charge < -0.3 is 5.11 Å². The summed E-state index contributed by atoms with van der Waals surface area (Å²) in [5.74, 6) is -1.05. The number of carboxylic acid groups (broad SMARTS) is 1. The molecule has 0 aliphatic rings. The molecule has 0 aromatic carbocycles. The van der Waals surface area contributed by atoms with Crippen LogP contribution in [0.1, 0.15) is 21.0 Å². The maximum Gasteiger partial charge on any atom is 0.352 e. The number of imidazole rings is 1. The Morgan fingerprint density at radius 1 is 1.50 bits per heavy atom. The minimum atomic E-state index is -1.05. The van der Waals surface area contributed by atoms with Crippen LogP contribution in [0, 0.1) is 0 Å². The molecule has 0 bridgehead atoms. The number of rotatable bonds is 2. The third-order valence-corrected chi connectivity index (χ3v) is 1.93. The molecule has 1 N–H and O–H groups in total. The van der Waals surface area contributed by atoms with Gasteiger partial charge in [0.05, 0.1) is 5.52 Å². The van der Waals surface area contributed by atoms with Crippen LogP contribution in [0.3, 0.4) is 0 Å². The molecule has 0 aliphatic heterocycles. The monoisotopic (exact) mass is 190 g/mol. The highest BCUT2D eigenvalue weighted by molar-refractivity contribution is 5.89. The van der Waals surface area contributed by atoms with Crippen LogP contribution in [0.4, 0.5) is 0 Å². The van der Waals surface area contributed by atoms with E-state index in [1.54, 1.807) is 12.1 Å². The molecule has 2 heterocycles. The first-order chi connectivity index (χ1) is 6.74. The van der Waals surface area contributed by atoms with E-state index in [4.69, 9.17) is 5.11 Å². The molecule has 2 aromatic rings. The van der Waals surface area contributed by atoms with E-state index in [2.05, 4.69) is 4.98 Å². The van der Waals surface area contributed by atoms with E-state index in [0.29, 0.717) is 11.8 Å². The summed E-state index contributed by atoms with van der Waals surface area (Å²) in [5.41, 5.74) is 0.830. The largest absolute Gasteiger partial charge is 0.477 e. The summed E-state index contributed by atoms with van der Waals surface area (Å²) in [4.78, 5) is 25.1. The van der Waals surface area contributed by atoms with Gasteiger partial charge in [0, 0.05) is 0 Å². The smallest absolute Gasteiger partial charge is 0.352 e. The molecular formula is C9H6N2O3. The molecule has 0 spiro atoms. The summed E-state index contributed by atoms with van der Waals surface area (Å²) >= 11 is 0. The number of nitrogens with zero attached hydrogens (tertiary/aromatic N) is 2. The number of carboxylic acids is 1. The molecule has 5 nitrogen and oxygen atoms in total. The molecule has 0 saturated carbocycles. The van der Waals surface area contributed by atoms with E-state index in [1.165, 1.54) is 16.8 Å². The highest BCUT2D eigenvalue weighted by Crippen LogP contribution is 2.10. The number of hydrogen-bond acceptors (Lipinski definition) is 3. The summed E-state index contributed by atoms with van der Waals surface area (Å²) in [6.45, 7) is 0. The van der Waals surface area contributed by atoms with Gasteiger partial charge in [0.15, 0.2) is 6.29 Å². The van der Waals surface area contributed by atoms with E-state index in [-0.39, 0.29) is 11.4 Å². The number of hydrogen-bond donors (Lipinski definition) is 1. The van der Waals surface area contributed by atoms with Crippen molar-refractivity contribution in [3.63, 3.8) is 0 Å². The molecule has 2 aromatic heterocycles. The highest BCUT2D eigenvalue weighted by Gasteiger charge is 2.10. The summed E-state index contributed by atoms with van der Waals surface area (Å²) in [5, 5.41) is 8.83. The SMILES string of the molecule is O=Cc1ncn2c(C(=O)O)cccc12. The Kier molecular flexibility index (Phi) is 1.78. The zero-order chi connectivity index (χ0) is 10.1. The van der Waals surface area contributed by atoms with Crippen molar-refractivity contribution in [2.75, 3.05) is 0 Å². The lowest BCUT2D eigenvalue weighted by Crippen LogP contribution is -2.03. The van der Waals surface area contributed by atoms with Gasteiger partial charge in [-0.05, 0) is 12.1 Å². The Bertz CT molecular complexity index is 516. The molecule has 0 radical (unpaired) electrons. The second kappa shape index (κ2) is 2.95. The van der Waals surface area contributed by atoms with Crippen molar-refractivity contribution in [1.29, 1.82) is 0 Å². The average molecular weight is 190 g/mol. The van der Waals surface area contributed by atoms with Crippen LogP contribution in [-0.4, -0.2) is 26.7 Å². The van der Waals surface area contributed by atoms with Crippen LogP contribution in [0.15, 0.2) is 24.5 Å². The van der Waals surface area contributed by atoms with E-state index < -0.39 is 5.97 Å². The molecular weight excluding hydrogens is 184 g/mol. The molecule has 2 rings (SSSR count). The third kappa shape index (κ3) is 1.06. The Labute approximate surface area is 78.6 Å². The number of fused-ring (bicyclic) bond motifs is 1. The van der Waals surface area contributed by atoms with Crippen molar-refractivity contribution >= 4 is 17.8 Å². The summed E-state index contributed by atoms with van der Waals surface area (Å²) < 4.78 is 1.37. The van der Waals surface area contributed by atoms with Crippen LogP contribution in [0.2, 0.25) is 0 Å². The third-order valence-electron chi connectivity index (χ3n) is 1.93. The molecule has 0 unspecified atom stereocenters. The fraction of sp³-hybridized carbons (Fsp3) is 0. The molecule has 0 atom stereocenters. The molecule has 0 amide bonds. The summed E-state index contributed by atoms with van der Waals surface area (Å²) in [6, 6.07) is 4.67. The van der Waals surface area contributed by atoms with Gasteiger partial charge in [0.25, 0.3) is 0 Å². The van der Waals surface area contributed by atoms with Crippen molar-refractivity contribution in [2.24, 2.45) is 0 Å². The Balaban J connectivity index is 2.82. The predicted molar refractivity (Wildman–Crippen MR) is 47.5 cm³/mol. The second-order valence-electron chi connectivity index (χ2n) is 2.72. The van der Waals surface area contributed by atoms with Crippen LogP contribution in [-0.2, 0) is 0 Å². The van der Waals surface area contributed by atoms with Gasteiger partial charge in [-0.3, -0.25) is 9.20 Å². The first-order valence-corrected chi connectivity index (χ1v) is 3.88. The van der Waals surface area contributed by atoms with Crippen molar-refractivity contribution in [3.8, 4) is 0 Å². The first kappa shape index (κ1) is 8.43. The Morgan fingerprint density at radius 2 is 2.29 bits per heavy atom. The first-order valence-electron chi connectivity index (χ1n) is 3.88. The summed E-state index contributed by atoms with van der Waals surface area (Å²) in [6.07, 6.45) is 1.92. The Hall–Kier alpha value is -2.17. The minimum Gasteiger partial charge on any atom is -0.477 e. The molecule has 0 aliphatic carbocycles. The molecule has 5 heteroatoms. The fourth-order valence-corrected chi connectivity index (χ4v) is 1.31. The highest BCUT2D eigenvalue weighted by atomic mass is 16.4. The molecule has 14 heavy (non-hydrogen) atoms. The zero-order valence-electron chi connectivity index (χ0n) is 7.04. The van der Waals surface area contributed by atoms with Gasteiger partial charge in [-0.15, -0.1) is 0 Å². The minimum absolute atomic E-state index is 0.0862. The van der Waals surface area contributed by atoms with Gasteiger partial charge in [-0.25, -0.2) is 9.78 Å². The van der Waals surface area contributed by atoms with Crippen molar-refractivity contribution in [3.05, 3.63) is 35.9 Å². The van der Waals surface area contributed by atoms with Gasteiger partial charge in [0.2, 0.25) is 0 Å². The van der Waals surface area contributed by atoms with E-state index in [1.807, 2.05) is 0 Å². The lowest BCUT2D eigenvalue weighted by molar-refractivity contribution is 0.0688. The van der Waals surface area contributed by atoms with Gasteiger partial charge >= 0.3 is 5.97 Å². The van der Waals surface area contributed by atoms with Gasteiger partial charge in [-0.1, -0.05) is 6.07 Å². The molecule has 70 valence electrons. The second-order valence-corrected chi connectivity index (χ2v) is 2.72. The van der Waals surface area contributed by atoms with E-state index >= 15 is 0 Å². The number of pyridine rings is 1. The summed E-state index contributed by atoms with van der Waals surface area (Å²) in [7, 11) is 0. The normalized spacial score (nSPS) is 10.3. The van der Waals surface area contributed by atoms with Crippen LogP contribution in [0.25, 0.3) is 5.52 Å². The lowest BCUT2D eigenvalue weighted by Gasteiger charge is -1.98. The fourth-order valence-electron chi connectivity index (χ4n) is 1.31. The van der Waals surface area contributed by atoms with Crippen molar-refractivity contribution in [1.82, 2.24) is 9.38 Å². The van der Waals surface area contributed by atoms with E-state index in [0.717, 1.165) is 0 Å². The topological polar surface area (TPSA) is 71.7 Å². The van der Waals surface area contributed by atoms with Crippen molar-refractivity contribution < 1.29 is 14.7 Å². The Morgan fingerprint density at radius 3 is 2.93 bits per heavy atom. The average Bonchev–Trinajstić information content (AvgIpc) is 2.59. The van der Waals surface area contributed by atoms with Crippen molar-refractivity contribution in [2.45, 2.75) is 0 Å². The number of aldehydes is 1. The maximum absolute atomic E-state index is 10.8. The van der Waals surface area contributed by atoms with Crippen LogP contribution >= 0.6 is 0 Å². The maximum atomic E-state index is 10.8. The van der Waals surface area contributed by atoms with Gasteiger partial charge in [0.1, 0.15) is 17.7 Å². The lowest BCUT2D eigenvalue weighted by atomic mass is 10.3. The number of aromatic nitrogens is 2. The number of aromatic carboxylic acids is 1. The van der Waals surface area contributed by atoms with Crippen LogP contribution < -0.4 is 0 Å². The van der Waals surface area contributed by atoms with Crippen LogP contribution in [0.5, 0.6) is 0 Å². The number of carbonyl (C=O) groups excluding carboxylic acids is 1. The number of carbonyl (C=O) groups is 2.